The molecule has 1 amide bonds. The van der Waals surface area contributed by atoms with Gasteiger partial charge >= 0.3 is 0 Å². The highest BCUT2D eigenvalue weighted by Gasteiger charge is 2.19. The van der Waals surface area contributed by atoms with Crippen LogP contribution in [-0.4, -0.2) is 21.2 Å². The van der Waals surface area contributed by atoms with Gasteiger partial charge in [0.2, 0.25) is 0 Å². The first-order valence-electron chi connectivity index (χ1n) is 6.37. The maximum atomic E-state index is 13.1. The van der Waals surface area contributed by atoms with Gasteiger partial charge in [0.25, 0.3) is 5.91 Å². The molecule has 1 aromatic carbocycles. The van der Waals surface area contributed by atoms with E-state index in [9.17, 15) is 14.3 Å². The molecule has 112 valence electrons. The van der Waals surface area contributed by atoms with E-state index in [1.807, 2.05) is 20.8 Å². The van der Waals surface area contributed by atoms with E-state index < -0.39 is 11.7 Å². The number of nitrogens with one attached hydrogen (secondary N) is 1. The Bertz CT molecular complexity index is 664. The van der Waals surface area contributed by atoms with Gasteiger partial charge < -0.3 is 10.4 Å². The van der Waals surface area contributed by atoms with Crippen LogP contribution in [0, 0.1) is 5.82 Å². The van der Waals surface area contributed by atoms with Gasteiger partial charge in [-0.2, -0.15) is 0 Å². The minimum absolute atomic E-state index is 0.0965. The Kier molecular flexibility index (Phi) is 4.22. The first-order chi connectivity index (χ1) is 9.77. The smallest absolute Gasteiger partial charge is 0.255 e. The number of aromatic hydroxyl groups is 1. The molecule has 2 N–H and O–H groups in total. The fourth-order valence-corrected chi connectivity index (χ4v) is 2.41. The number of amides is 1. The molecule has 2 aromatic rings. The van der Waals surface area contributed by atoms with Crippen LogP contribution < -0.4 is 5.32 Å². The fourth-order valence-electron chi connectivity index (χ4n) is 1.57. The molecule has 0 unspecified atom stereocenters. The molecule has 0 bridgehead atoms. The highest BCUT2D eigenvalue weighted by Crippen LogP contribution is 2.25. The third kappa shape index (κ3) is 3.75. The molecule has 2 rings (SSSR count). The number of halogens is 1. The number of rotatable bonds is 3. The normalized spacial score (nSPS) is 11.4. The van der Waals surface area contributed by atoms with Crippen molar-refractivity contribution in [2.24, 2.45) is 0 Å². The largest absolute Gasteiger partial charge is 0.507 e. The Morgan fingerprint density at radius 3 is 2.71 bits per heavy atom. The molecule has 5 nitrogen and oxygen atoms in total. The van der Waals surface area contributed by atoms with Crippen LogP contribution in [0.2, 0.25) is 0 Å². The second kappa shape index (κ2) is 5.77. The number of phenols is 1. The summed E-state index contributed by atoms with van der Waals surface area (Å²) in [4.78, 5) is 11.9. The molecule has 0 atom stereocenters. The Hall–Kier alpha value is -2.02. The first-order valence-corrected chi connectivity index (χ1v) is 7.18. The molecule has 0 radical (unpaired) electrons. The third-order valence-corrected chi connectivity index (χ3v) is 4.06. The quantitative estimate of drug-likeness (QED) is 0.914. The molecule has 1 aromatic heterocycles. The van der Waals surface area contributed by atoms with Crippen molar-refractivity contribution in [3.05, 3.63) is 39.6 Å². The summed E-state index contributed by atoms with van der Waals surface area (Å²) in [6, 6.07) is 3.23. The van der Waals surface area contributed by atoms with Gasteiger partial charge in [-0.1, -0.05) is 32.1 Å². The molecule has 7 heteroatoms. The van der Waals surface area contributed by atoms with Gasteiger partial charge in [-0.15, -0.1) is 10.2 Å². The Labute approximate surface area is 125 Å². The second-order valence-electron chi connectivity index (χ2n) is 5.60. The molecule has 0 saturated carbocycles. The topological polar surface area (TPSA) is 75.1 Å². The van der Waals surface area contributed by atoms with Crippen LogP contribution in [-0.2, 0) is 12.0 Å². The minimum atomic E-state index is -0.580. The number of aromatic nitrogens is 2. The Morgan fingerprint density at radius 2 is 2.10 bits per heavy atom. The van der Waals surface area contributed by atoms with E-state index in [0.717, 1.165) is 23.2 Å². The summed E-state index contributed by atoms with van der Waals surface area (Å²) in [5.41, 5.74) is -0.198. The van der Waals surface area contributed by atoms with Gasteiger partial charge in [0.15, 0.2) is 0 Å². The van der Waals surface area contributed by atoms with Crippen molar-refractivity contribution in [3.63, 3.8) is 0 Å². The van der Waals surface area contributed by atoms with Gasteiger partial charge in [0.1, 0.15) is 21.6 Å². The summed E-state index contributed by atoms with van der Waals surface area (Å²) in [5, 5.41) is 21.8. The van der Waals surface area contributed by atoms with E-state index >= 15 is 0 Å². The zero-order valence-corrected chi connectivity index (χ0v) is 12.8. The zero-order valence-electron chi connectivity index (χ0n) is 12.0. The van der Waals surface area contributed by atoms with Crippen molar-refractivity contribution >= 4 is 17.2 Å². The average Bonchev–Trinajstić information content (AvgIpc) is 2.87. The van der Waals surface area contributed by atoms with Crippen LogP contribution in [0.15, 0.2) is 18.2 Å². The summed E-state index contributed by atoms with van der Waals surface area (Å²) in [7, 11) is 0. The summed E-state index contributed by atoms with van der Waals surface area (Å²) in [6.45, 7) is 6.27. The fraction of sp³-hybridized carbons (Fsp3) is 0.357. The van der Waals surface area contributed by atoms with E-state index in [1.54, 1.807) is 0 Å². The molecular formula is C14H16FN3O2S. The van der Waals surface area contributed by atoms with E-state index in [4.69, 9.17) is 0 Å². The highest BCUT2D eigenvalue weighted by molar-refractivity contribution is 7.11. The highest BCUT2D eigenvalue weighted by atomic mass is 32.1. The molecule has 0 aliphatic rings. The van der Waals surface area contributed by atoms with Crippen LogP contribution in [0.4, 0.5) is 4.39 Å². The van der Waals surface area contributed by atoms with Gasteiger partial charge in [0, 0.05) is 5.41 Å². The lowest BCUT2D eigenvalue weighted by molar-refractivity contribution is 0.0947. The third-order valence-electron chi connectivity index (χ3n) is 2.71. The van der Waals surface area contributed by atoms with Crippen molar-refractivity contribution in [2.45, 2.75) is 32.7 Å². The van der Waals surface area contributed by atoms with Crippen LogP contribution in [0.1, 0.15) is 41.1 Å². The Morgan fingerprint density at radius 1 is 1.38 bits per heavy atom. The van der Waals surface area contributed by atoms with Crippen molar-refractivity contribution in [2.75, 3.05) is 0 Å². The number of phenolic OH excluding ortho intramolecular Hbond substituents is 1. The van der Waals surface area contributed by atoms with Gasteiger partial charge in [-0.25, -0.2) is 4.39 Å². The van der Waals surface area contributed by atoms with Crippen molar-refractivity contribution in [3.8, 4) is 5.75 Å². The van der Waals surface area contributed by atoms with Crippen LogP contribution in [0.5, 0.6) is 5.75 Å². The molecule has 21 heavy (non-hydrogen) atoms. The molecular weight excluding hydrogens is 293 g/mol. The van der Waals surface area contributed by atoms with Gasteiger partial charge in [-0.3, -0.25) is 4.79 Å². The molecule has 0 fully saturated rings. The van der Waals surface area contributed by atoms with Crippen molar-refractivity contribution < 1.29 is 14.3 Å². The lowest BCUT2D eigenvalue weighted by Crippen LogP contribution is -2.23. The molecule has 0 aliphatic carbocycles. The maximum absolute atomic E-state index is 13.1. The summed E-state index contributed by atoms with van der Waals surface area (Å²) < 4.78 is 13.1. The van der Waals surface area contributed by atoms with Crippen molar-refractivity contribution in [1.29, 1.82) is 0 Å². The summed E-state index contributed by atoms with van der Waals surface area (Å²) in [6.07, 6.45) is 0. The minimum Gasteiger partial charge on any atom is -0.507 e. The van der Waals surface area contributed by atoms with Crippen LogP contribution in [0.25, 0.3) is 0 Å². The Balaban J connectivity index is 2.04. The molecule has 0 saturated heterocycles. The SMILES string of the molecule is CC(C)(C)c1nnc(CNC(=O)c2cc(F)ccc2O)s1. The zero-order chi connectivity index (χ0) is 15.6. The number of hydrogen-bond donors (Lipinski definition) is 2. The lowest BCUT2D eigenvalue weighted by Gasteiger charge is -2.12. The van der Waals surface area contributed by atoms with Crippen LogP contribution >= 0.6 is 11.3 Å². The van der Waals surface area contributed by atoms with E-state index in [-0.39, 0.29) is 23.3 Å². The standard InChI is InChI=1S/C14H16FN3O2S/c1-14(2,3)13-18-17-11(21-13)7-16-12(20)9-6-8(15)4-5-10(9)19/h4-6,19H,7H2,1-3H3,(H,16,20). The van der Waals surface area contributed by atoms with Gasteiger partial charge in [0.05, 0.1) is 12.1 Å². The maximum Gasteiger partial charge on any atom is 0.255 e. The monoisotopic (exact) mass is 309 g/mol. The molecule has 0 aliphatic heterocycles. The average molecular weight is 309 g/mol. The summed E-state index contributed by atoms with van der Waals surface area (Å²) in [5.74, 6) is -1.40. The van der Waals surface area contributed by atoms with Crippen LogP contribution in [0.3, 0.4) is 0 Å². The van der Waals surface area contributed by atoms with Crippen molar-refractivity contribution in [1.82, 2.24) is 15.5 Å². The first kappa shape index (κ1) is 15.4. The van der Waals surface area contributed by atoms with E-state index in [2.05, 4.69) is 15.5 Å². The molecule has 1 heterocycles. The number of carbonyl (C=O) groups excluding carboxylic acids is 1. The van der Waals surface area contributed by atoms with E-state index in [0.29, 0.717) is 5.01 Å². The number of benzene rings is 1. The van der Waals surface area contributed by atoms with Gasteiger partial charge in [-0.05, 0) is 18.2 Å². The second-order valence-corrected chi connectivity index (χ2v) is 6.66. The number of carbonyl (C=O) groups is 1. The number of nitrogens with zero attached hydrogens (tertiary/aromatic N) is 2. The van der Waals surface area contributed by atoms with E-state index in [1.165, 1.54) is 11.3 Å². The lowest BCUT2D eigenvalue weighted by atomic mass is 9.98. The predicted octanol–water partition coefficient (Wildman–Crippen LogP) is 2.61. The molecule has 0 spiro atoms. The predicted molar refractivity (Wildman–Crippen MR) is 77.8 cm³/mol. The number of hydrogen-bond acceptors (Lipinski definition) is 5. The summed E-state index contributed by atoms with van der Waals surface area (Å²) >= 11 is 1.41.